The van der Waals surface area contributed by atoms with Crippen LogP contribution in [0.4, 0.5) is 4.79 Å². The molecule has 0 saturated carbocycles. The van der Waals surface area contributed by atoms with E-state index in [4.69, 9.17) is 9.47 Å². The van der Waals surface area contributed by atoms with Crippen LogP contribution in [0.2, 0.25) is 0 Å². The summed E-state index contributed by atoms with van der Waals surface area (Å²) in [6.07, 6.45) is -0.659. The van der Waals surface area contributed by atoms with Gasteiger partial charge in [-0.3, -0.25) is 24.2 Å². The summed E-state index contributed by atoms with van der Waals surface area (Å²) in [5.41, 5.74) is -1.26. The SMILES string of the molecule is CN(C(=O)CN1CCNCCN(CC(=O)NCC(=O)OC(C)(C)C)CCNCC1)C(=O)OC(C)(C)C. The standard InChI is InChI=1S/C24H46N6O6/c1-23(2,3)35-21(33)16-27-19(31)17-29-12-8-25-10-14-30(15-11-26-9-13-29)18-20(32)28(7)22(34)36-24(4,5)6/h25-26H,8-18H2,1-7H3,(H,27,31). The minimum absolute atomic E-state index is 0.114. The van der Waals surface area contributed by atoms with Crippen LogP contribution in [-0.2, 0) is 23.9 Å². The van der Waals surface area contributed by atoms with Crippen molar-refractivity contribution in [1.82, 2.24) is 30.7 Å². The van der Waals surface area contributed by atoms with E-state index in [1.54, 1.807) is 41.5 Å². The second-order valence-corrected chi connectivity index (χ2v) is 10.8. The fraction of sp³-hybridized carbons (Fsp3) is 0.833. The first kappa shape index (κ1) is 31.7. The third-order valence-electron chi connectivity index (χ3n) is 5.04. The Bertz CT molecular complexity index is 720. The van der Waals surface area contributed by atoms with Gasteiger partial charge in [-0.1, -0.05) is 0 Å². The molecule has 1 fully saturated rings. The predicted molar refractivity (Wildman–Crippen MR) is 136 cm³/mol. The Labute approximate surface area is 215 Å². The van der Waals surface area contributed by atoms with Crippen LogP contribution in [-0.4, -0.2) is 129 Å². The first-order valence-corrected chi connectivity index (χ1v) is 12.5. The average molecular weight is 515 g/mol. The lowest BCUT2D eigenvalue weighted by molar-refractivity contribution is -0.154. The van der Waals surface area contributed by atoms with Gasteiger partial charge >= 0.3 is 12.1 Å². The second-order valence-electron chi connectivity index (χ2n) is 10.8. The molecule has 0 spiro atoms. The van der Waals surface area contributed by atoms with Gasteiger partial charge in [0, 0.05) is 59.4 Å². The Morgan fingerprint density at radius 1 is 0.778 bits per heavy atom. The zero-order valence-corrected chi connectivity index (χ0v) is 23.1. The zero-order valence-electron chi connectivity index (χ0n) is 23.1. The molecule has 1 aliphatic heterocycles. The van der Waals surface area contributed by atoms with Crippen molar-refractivity contribution in [2.45, 2.75) is 52.7 Å². The maximum absolute atomic E-state index is 12.6. The lowest BCUT2D eigenvalue weighted by Crippen LogP contribution is -2.48. The molecule has 0 radical (unpaired) electrons. The maximum atomic E-state index is 12.6. The van der Waals surface area contributed by atoms with Crippen molar-refractivity contribution in [3.63, 3.8) is 0 Å². The predicted octanol–water partition coefficient (Wildman–Crippen LogP) is -0.365. The summed E-state index contributed by atoms with van der Waals surface area (Å²) in [6.45, 7) is 16.0. The number of imide groups is 1. The number of esters is 1. The van der Waals surface area contributed by atoms with E-state index in [1.807, 2.05) is 9.80 Å². The summed E-state index contributed by atoms with van der Waals surface area (Å²) < 4.78 is 10.5. The minimum atomic E-state index is -0.667. The summed E-state index contributed by atoms with van der Waals surface area (Å²) >= 11 is 0. The summed E-state index contributed by atoms with van der Waals surface area (Å²) in [7, 11) is 1.43. The van der Waals surface area contributed by atoms with Crippen molar-refractivity contribution in [1.29, 1.82) is 0 Å². The monoisotopic (exact) mass is 514 g/mol. The van der Waals surface area contributed by atoms with E-state index in [0.717, 1.165) is 4.90 Å². The normalized spacial score (nSPS) is 17.3. The molecule has 0 bridgehead atoms. The van der Waals surface area contributed by atoms with Crippen molar-refractivity contribution in [2.24, 2.45) is 0 Å². The second kappa shape index (κ2) is 15.1. The number of rotatable bonds is 6. The van der Waals surface area contributed by atoms with Crippen LogP contribution in [0.25, 0.3) is 0 Å². The van der Waals surface area contributed by atoms with E-state index in [1.165, 1.54) is 7.05 Å². The van der Waals surface area contributed by atoms with Crippen LogP contribution in [0.3, 0.4) is 0 Å². The van der Waals surface area contributed by atoms with Gasteiger partial charge in [-0.25, -0.2) is 9.69 Å². The zero-order chi connectivity index (χ0) is 27.4. The molecular weight excluding hydrogens is 468 g/mol. The number of likely N-dealkylation sites (N-methyl/N-ethyl adjacent to an activating group) is 1. The third-order valence-corrected chi connectivity index (χ3v) is 5.04. The lowest BCUT2D eigenvalue weighted by atomic mass is 10.2. The first-order chi connectivity index (χ1) is 16.7. The number of hydrogen-bond donors (Lipinski definition) is 3. The largest absolute Gasteiger partial charge is 0.459 e. The van der Waals surface area contributed by atoms with Crippen LogP contribution < -0.4 is 16.0 Å². The van der Waals surface area contributed by atoms with E-state index >= 15 is 0 Å². The van der Waals surface area contributed by atoms with Crippen LogP contribution >= 0.6 is 0 Å². The van der Waals surface area contributed by atoms with Crippen LogP contribution in [0.1, 0.15) is 41.5 Å². The van der Waals surface area contributed by atoms with Crippen molar-refractivity contribution >= 4 is 23.9 Å². The molecule has 0 atom stereocenters. The molecule has 208 valence electrons. The molecule has 0 aromatic rings. The van der Waals surface area contributed by atoms with Crippen LogP contribution in [0.5, 0.6) is 0 Å². The number of nitrogens with zero attached hydrogens (tertiary/aromatic N) is 3. The number of ether oxygens (including phenoxy) is 2. The Balaban J connectivity index is 2.46. The van der Waals surface area contributed by atoms with Crippen molar-refractivity contribution in [3.8, 4) is 0 Å². The van der Waals surface area contributed by atoms with Crippen molar-refractivity contribution < 1.29 is 28.7 Å². The molecule has 1 rings (SSSR count). The summed E-state index contributed by atoms with van der Waals surface area (Å²) in [5.74, 6) is -1.01. The van der Waals surface area contributed by atoms with Gasteiger partial charge in [-0.05, 0) is 41.5 Å². The molecule has 0 aromatic heterocycles. The highest BCUT2D eigenvalue weighted by Gasteiger charge is 2.25. The molecule has 36 heavy (non-hydrogen) atoms. The molecular formula is C24H46N6O6. The van der Waals surface area contributed by atoms with Gasteiger partial charge in [-0.2, -0.15) is 0 Å². The average Bonchev–Trinajstić information content (AvgIpc) is 2.72. The molecule has 1 aliphatic rings. The molecule has 0 aromatic carbocycles. The van der Waals surface area contributed by atoms with Crippen molar-refractivity contribution in [3.05, 3.63) is 0 Å². The van der Waals surface area contributed by atoms with Gasteiger partial charge in [0.05, 0.1) is 13.1 Å². The summed E-state index contributed by atoms with van der Waals surface area (Å²) in [4.78, 5) is 53.9. The van der Waals surface area contributed by atoms with E-state index in [9.17, 15) is 19.2 Å². The molecule has 0 aliphatic carbocycles. The number of nitrogens with one attached hydrogen (secondary N) is 3. The maximum Gasteiger partial charge on any atom is 0.416 e. The molecule has 1 heterocycles. The number of amides is 3. The highest BCUT2D eigenvalue weighted by atomic mass is 16.6. The smallest absolute Gasteiger partial charge is 0.416 e. The number of carbonyl (C=O) groups is 4. The van der Waals surface area contributed by atoms with Crippen molar-refractivity contribution in [2.75, 3.05) is 79.0 Å². The van der Waals surface area contributed by atoms with Crippen LogP contribution in [0, 0.1) is 0 Å². The van der Waals surface area contributed by atoms with Gasteiger partial charge in [0.2, 0.25) is 11.8 Å². The Kier molecular flexibility index (Phi) is 13.3. The molecule has 3 amide bonds. The topological polar surface area (TPSA) is 133 Å². The first-order valence-electron chi connectivity index (χ1n) is 12.5. The van der Waals surface area contributed by atoms with Gasteiger partial charge in [0.25, 0.3) is 0 Å². The molecule has 12 nitrogen and oxygen atoms in total. The highest BCUT2D eigenvalue weighted by molar-refractivity contribution is 5.92. The highest BCUT2D eigenvalue weighted by Crippen LogP contribution is 2.09. The van der Waals surface area contributed by atoms with Crippen LogP contribution in [0.15, 0.2) is 0 Å². The van der Waals surface area contributed by atoms with Gasteiger partial charge in [0.15, 0.2) is 0 Å². The fourth-order valence-corrected chi connectivity index (χ4v) is 3.28. The van der Waals surface area contributed by atoms with E-state index < -0.39 is 23.3 Å². The minimum Gasteiger partial charge on any atom is -0.459 e. The van der Waals surface area contributed by atoms with E-state index in [0.29, 0.717) is 52.4 Å². The van der Waals surface area contributed by atoms with Gasteiger partial charge in [0.1, 0.15) is 17.7 Å². The molecule has 12 heteroatoms. The van der Waals surface area contributed by atoms with E-state index in [-0.39, 0.29) is 31.4 Å². The Hall–Kier alpha value is -2.28. The molecule has 3 N–H and O–H groups in total. The quantitative estimate of drug-likeness (QED) is 0.404. The van der Waals surface area contributed by atoms with Gasteiger partial charge in [-0.15, -0.1) is 0 Å². The molecule has 0 unspecified atom stereocenters. The Morgan fingerprint density at radius 3 is 1.67 bits per heavy atom. The number of hydrogen-bond acceptors (Lipinski definition) is 10. The molecule has 1 saturated heterocycles. The van der Waals surface area contributed by atoms with E-state index in [2.05, 4.69) is 16.0 Å². The summed E-state index contributed by atoms with van der Waals surface area (Å²) in [5, 5.41) is 9.31. The lowest BCUT2D eigenvalue weighted by Gasteiger charge is -2.28. The van der Waals surface area contributed by atoms with Gasteiger partial charge < -0.3 is 25.4 Å². The summed E-state index contributed by atoms with van der Waals surface area (Å²) in [6, 6.07) is 0. The number of carbonyl (C=O) groups excluding carboxylic acids is 4. The fourth-order valence-electron chi connectivity index (χ4n) is 3.28. The third kappa shape index (κ3) is 15.0. The Morgan fingerprint density at radius 2 is 1.22 bits per heavy atom.